The second kappa shape index (κ2) is 11.6. The maximum absolute atomic E-state index is 12.8. The van der Waals surface area contributed by atoms with Gasteiger partial charge >= 0.3 is 5.97 Å². The third kappa shape index (κ3) is 6.88. The molecule has 2 amide bonds. The summed E-state index contributed by atoms with van der Waals surface area (Å²) in [6.07, 6.45) is 1.57. The standard InChI is InChI=1S/C19H28N2O5S/c1-5-14-8-7-9-15(6-2)18(14)21(12-26-4)17(23)11-27-10-16(19(24)25)20-13(3)22/h7-9,16H,5-6,10-12H2,1-4H3,(H,20,22)(H,24,25). The number of benzene rings is 1. The Morgan fingerprint density at radius 1 is 1.22 bits per heavy atom. The molecule has 0 saturated heterocycles. The van der Waals surface area contributed by atoms with Gasteiger partial charge in [0, 0.05) is 19.8 Å². The van der Waals surface area contributed by atoms with Crippen LogP contribution in [0.15, 0.2) is 18.2 Å². The number of hydrogen-bond donors (Lipinski definition) is 2. The fourth-order valence-corrected chi connectivity index (χ4v) is 3.62. The number of aryl methyl sites for hydroxylation is 2. The van der Waals surface area contributed by atoms with E-state index in [1.165, 1.54) is 25.8 Å². The Morgan fingerprint density at radius 2 is 1.81 bits per heavy atom. The first-order valence-corrected chi connectivity index (χ1v) is 9.98. The van der Waals surface area contributed by atoms with Crippen LogP contribution in [0.25, 0.3) is 0 Å². The van der Waals surface area contributed by atoms with Crippen LogP contribution in [-0.4, -0.2) is 54.3 Å². The Bertz CT molecular complexity index is 643. The summed E-state index contributed by atoms with van der Waals surface area (Å²) in [6.45, 7) is 5.46. The van der Waals surface area contributed by atoms with Crippen LogP contribution in [0.5, 0.6) is 0 Å². The first-order valence-electron chi connectivity index (χ1n) is 8.83. The highest BCUT2D eigenvalue weighted by atomic mass is 32.2. The average Bonchev–Trinajstić information content (AvgIpc) is 2.64. The lowest BCUT2D eigenvalue weighted by Gasteiger charge is -2.27. The van der Waals surface area contributed by atoms with Crippen LogP contribution in [0.4, 0.5) is 5.69 Å². The number of carboxylic acid groups (broad SMARTS) is 1. The topological polar surface area (TPSA) is 95.9 Å². The Kier molecular flexibility index (Phi) is 9.88. The van der Waals surface area contributed by atoms with E-state index in [0.717, 1.165) is 29.7 Å². The van der Waals surface area contributed by atoms with Gasteiger partial charge in [-0.15, -0.1) is 11.8 Å². The Morgan fingerprint density at radius 3 is 2.26 bits per heavy atom. The average molecular weight is 397 g/mol. The molecule has 1 rings (SSSR count). The van der Waals surface area contributed by atoms with Crippen LogP contribution in [0.1, 0.15) is 31.9 Å². The number of amides is 2. The van der Waals surface area contributed by atoms with Crippen molar-refractivity contribution in [3.05, 3.63) is 29.3 Å². The summed E-state index contributed by atoms with van der Waals surface area (Å²) in [6, 6.07) is 4.95. The normalized spacial score (nSPS) is 11.7. The summed E-state index contributed by atoms with van der Waals surface area (Å²) in [5, 5.41) is 11.5. The third-order valence-corrected chi connectivity index (χ3v) is 5.00. The van der Waals surface area contributed by atoms with Crippen LogP contribution in [0.2, 0.25) is 0 Å². The minimum Gasteiger partial charge on any atom is -0.480 e. The van der Waals surface area contributed by atoms with Gasteiger partial charge in [0.15, 0.2) is 0 Å². The molecule has 0 heterocycles. The van der Waals surface area contributed by atoms with Crippen LogP contribution in [0.3, 0.4) is 0 Å². The summed E-state index contributed by atoms with van der Waals surface area (Å²) in [7, 11) is 1.53. The van der Waals surface area contributed by atoms with Gasteiger partial charge in [-0.3, -0.25) is 14.5 Å². The number of aliphatic carboxylic acids is 1. The van der Waals surface area contributed by atoms with Gasteiger partial charge in [0.25, 0.3) is 0 Å². The fourth-order valence-electron chi connectivity index (χ4n) is 2.71. The van der Waals surface area contributed by atoms with Crippen molar-refractivity contribution in [2.75, 3.05) is 30.2 Å². The molecular formula is C19H28N2O5S. The molecule has 27 heavy (non-hydrogen) atoms. The fraction of sp³-hybridized carbons (Fsp3) is 0.526. The number of thioether (sulfide) groups is 1. The van der Waals surface area contributed by atoms with Crippen LogP contribution in [-0.2, 0) is 32.0 Å². The molecule has 1 atom stereocenters. The van der Waals surface area contributed by atoms with Gasteiger partial charge in [-0.25, -0.2) is 4.79 Å². The number of carbonyl (C=O) groups is 3. The van der Waals surface area contributed by atoms with Crippen molar-refractivity contribution in [3.63, 3.8) is 0 Å². The van der Waals surface area contributed by atoms with Crippen molar-refractivity contribution in [1.29, 1.82) is 0 Å². The van der Waals surface area contributed by atoms with Crippen molar-refractivity contribution in [3.8, 4) is 0 Å². The molecule has 0 aromatic heterocycles. The van der Waals surface area contributed by atoms with Crippen molar-refractivity contribution in [2.45, 2.75) is 39.7 Å². The number of rotatable bonds is 11. The van der Waals surface area contributed by atoms with Crippen molar-refractivity contribution in [2.24, 2.45) is 0 Å². The second-order valence-electron chi connectivity index (χ2n) is 5.98. The summed E-state index contributed by atoms with van der Waals surface area (Å²) in [5.74, 6) is -1.50. The van der Waals surface area contributed by atoms with E-state index in [9.17, 15) is 14.4 Å². The van der Waals surface area contributed by atoms with Gasteiger partial charge in [-0.2, -0.15) is 0 Å². The van der Waals surface area contributed by atoms with E-state index in [1.54, 1.807) is 4.90 Å². The molecule has 0 bridgehead atoms. The Balaban J connectivity index is 2.91. The number of hydrogen-bond acceptors (Lipinski definition) is 5. The molecule has 8 heteroatoms. The van der Waals surface area contributed by atoms with Crippen molar-refractivity contribution in [1.82, 2.24) is 5.32 Å². The molecule has 1 unspecified atom stereocenters. The smallest absolute Gasteiger partial charge is 0.327 e. The van der Waals surface area contributed by atoms with Crippen molar-refractivity contribution >= 4 is 35.2 Å². The molecule has 0 saturated carbocycles. The van der Waals surface area contributed by atoms with Gasteiger partial charge in [-0.1, -0.05) is 32.0 Å². The maximum Gasteiger partial charge on any atom is 0.327 e. The molecule has 0 spiro atoms. The van der Waals surface area contributed by atoms with Gasteiger partial charge < -0.3 is 15.2 Å². The Labute approximate surface area is 164 Å². The molecule has 7 nitrogen and oxygen atoms in total. The van der Waals surface area contributed by atoms with E-state index in [0.29, 0.717) is 0 Å². The predicted molar refractivity (Wildman–Crippen MR) is 107 cm³/mol. The lowest BCUT2D eigenvalue weighted by molar-refractivity contribution is -0.140. The van der Waals surface area contributed by atoms with E-state index in [4.69, 9.17) is 9.84 Å². The summed E-state index contributed by atoms with van der Waals surface area (Å²) in [4.78, 5) is 36.7. The Hall–Kier alpha value is -2.06. The summed E-state index contributed by atoms with van der Waals surface area (Å²) in [5.41, 5.74) is 2.99. The van der Waals surface area contributed by atoms with Gasteiger partial charge in [-0.05, 0) is 24.0 Å². The van der Waals surface area contributed by atoms with E-state index >= 15 is 0 Å². The SMILES string of the molecule is CCc1cccc(CC)c1N(COC)C(=O)CSCC(NC(C)=O)C(=O)O. The van der Waals surface area contributed by atoms with E-state index in [-0.39, 0.29) is 24.1 Å². The van der Waals surface area contributed by atoms with Gasteiger partial charge in [0.1, 0.15) is 12.8 Å². The molecule has 0 fully saturated rings. The lowest BCUT2D eigenvalue weighted by atomic mass is 10.0. The number of methoxy groups -OCH3 is 1. The van der Waals surface area contributed by atoms with Crippen LogP contribution < -0.4 is 10.2 Å². The number of nitrogens with one attached hydrogen (secondary N) is 1. The minimum atomic E-state index is -1.12. The number of nitrogens with zero attached hydrogens (tertiary/aromatic N) is 1. The molecule has 0 aliphatic heterocycles. The third-order valence-electron chi connectivity index (χ3n) is 3.98. The molecule has 0 radical (unpaired) electrons. The molecule has 1 aromatic rings. The summed E-state index contributed by atoms with van der Waals surface area (Å²) < 4.78 is 5.24. The van der Waals surface area contributed by atoms with E-state index < -0.39 is 17.9 Å². The molecule has 1 aromatic carbocycles. The number of ether oxygens (including phenoxy) is 1. The van der Waals surface area contributed by atoms with Crippen LogP contribution >= 0.6 is 11.8 Å². The molecule has 150 valence electrons. The zero-order chi connectivity index (χ0) is 20.4. The minimum absolute atomic E-state index is 0.0912. The number of para-hydroxylation sites is 1. The number of anilines is 1. The molecule has 2 N–H and O–H groups in total. The molecule has 0 aliphatic carbocycles. The monoisotopic (exact) mass is 396 g/mol. The largest absolute Gasteiger partial charge is 0.480 e. The second-order valence-corrected chi connectivity index (χ2v) is 7.01. The molecule has 0 aliphatic rings. The lowest BCUT2D eigenvalue weighted by Crippen LogP contribution is -2.42. The zero-order valence-electron chi connectivity index (χ0n) is 16.3. The highest BCUT2D eigenvalue weighted by Crippen LogP contribution is 2.27. The van der Waals surface area contributed by atoms with E-state index in [2.05, 4.69) is 5.32 Å². The molecular weight excluding hydrogens is 368 g/mol. The predicted octanol–water partition coefficient (Wildman–Crippen LogP) is 2.07. The number of carbonyl (C=O) groups excluding carboxylic acids is 2. The maximum atomic E-state index is 12.8. The highest BCUT2D eigenvalue weighted by molar-refractivity contribution is 8.00. The van der Waals surface area contributed by atoms with Crippen LogP contribution in [0, 0.1) is 0 Å². The first-order chi connectivity index (χ1) is 12.8. The zero-order valence-corrected chi connectivity index (χ0v) is 17.1. The highest BCUT2D eigenvalue weighted by Gasteiger charge is 2.23. The quantitative estimate of drug-likeness (QED) is 0.556. The van der Waals surface area contributed by atoms with Gasteiger partial charge in [0.05, 0.1) is 11.4 Å². The van der Waals surface area contributed by atoms with Crippen molar-refractivity contribution < 1.29 is 24.2 Å². The van der Waals surface area contributed by atoms with E-state index in [1.807, 2.05) is 32.0 Å². The number of carboxylic acids is 1. The van der Waals surface area contributed by atoms with Gasteiger partial charge in [0.2, 0.25) is 11.8 Å². The first kappa shape index (κ1) is 23.0. The summed E-state index contributed by atoms with van der Waals surface area (Å²) >= 11 is 1.17.